The second kappa shape index (κ2) is 7.34. The van der Waals surface area contributed by atoms with Gasteiger partial charge in [0.05, 0.1) is 11.6 Å². The molecule has 4 aliphatic carbocycles. The van der Waals surface area contributed by atoms with Gasteiger partial charge in [-0.3, -0.25) is 9.59 Å². The predicted octanol–water partition coefficient (Wildman–Crippen LogP) is 3.32. The number of rotatable bonds is 6. The first-order valence-corrected chi connectivity index (χ1v) is 9.95. The summed E-state index contributed by atoms with van der Waals surface area (Å²) in [4.78, 5) is 24.4. The molecule has 4 aliphatic rings. The summed E-state index contributed by atoms with van der Waals surface area (Å²) in [5.41, 5.74) is 1.48. The lowest BCUT2D eigenvalue weighted by atomic mass is 9.49. The molecule has 0 atom stereocenters. The van der Waals surface area contributed by atoms with Crippen LogP contribution in [0.5, 0.6) is 0 Å². The molecule has 27 heavy (non-hydrogen) atoms. The molecule has 5 rings (SSSR count). The minimum atomic E-state index is -0.448. The number of esters is 1. The van der Waals surface area contributed by atoms with Gasteiger partial charge in [-0.1, -0.05) is 12.1 Å². The second-order valence-corrected chi connectivity index (χ2v) is 8.84. The highest BCUT2D eigenvalue weighted by molar-refractivity contribution is 5.82. The molecular weight excluding hydrogens is 340 g/mol. The number of carbonyl (C=O) groups is 2. The van der Waals surface area contributed by atoms with E-state index in [9.17, 15) is 9.59 Å². The number of hydrogen-bond acceptors (Lipinski definition) is 4. The maximum absolute atomic E-state index is 12.4. The number of ether oxygens (including phenoxy) is 1. The van der Waals surface area contributed by atoms with Crippen LogP contribution < -0.4 is 5.32 Å². The number of benzene rings is 1. The number of nitriles is 1. The lowest BCUT2D eigenvalue weighted by Crippen LogP contribution is -2.48. The summed E-state index contributed by atoms with van der Waals surface area (Å²) in [6, 6.07) is 9.02. The Hall–Kier alpha value is -2.35. The molecule has 0 aliphatic heterocycles. The molecule has 4 bridgehead atoms. The van der Waals surface area contributed by atoms with Gasteiger partial charge >= 0.3 is 5.97 Å². The molecule has 142 valence electrons. The summed E-state index contributed by atoms with van der Waals surface area (Å²) in [7, 11) is 0. The van der Waals surface area contributed by atoms with Crippen LogP contribution in [0, 0.1) is 34.5 Å². The van der Waals surface area contributed by atoms with E-state index in [-0.39, 0.29) is 24.5 Å². The van der Waals surface area contributed by atoms with Crippen molar-refractivity contribution in [3.05, 3.63) is 35.4 Å². The van der Waals surface area contributed by atoms with Gasteiger partial charge in [0.1, 0.15) is 13.2 Å². The van der Waals surface area contributed by atoms with Crippen molar-refractivity contribution >= 4 is 11.9 Å². The van der Waals surface area contributed by atoms with Crippen LogP contribution in [0.1, 0.15) is 56.1 Å². The van der Waals surface area contributed by atoms with E-state index in [1.165, 1.54) is 38.5 Å². The molecule has 4 saturated carbocycles. The van der Waals surface area contributed by atoms with E-state index >= 15 is 0 Å². The molecule has 1 amide bonds. The van der Waals surface area contributed by atoms with Crippen LogP contribution in [0.2, 0.25) is 0 Å². The van der Waals surface area contributed by atoms with Gasteiger partial charge in [0.2, 0.25) is 5.91 Å². The maximum atomic E-state index is 12.4. The number of nitrogens with zero attached hydrogens (tertiary/aromatic N) is 1. The van der Waals surface area contributed by atoms with Crippen molar-refractivity contribution in [3.8, 4) is 6.07 Å². The van der Waals surface area contributed by atoms with Crippen molar-refractivity contribution in [2.24, 2.45) is 23.2 Å². The fourth-order valence-electron chi connectivity index (χ4n) is 6.03. The largest absolute Gasteiger partial charge is 0.460 e. The minimum absolute atomic E-state index is 0.0274. The summed E-state index contributed by atoms with van der Waals surface area (Å²) in [6.07, 6.45) is 8.19. The van der Waals surface area contributed by atoms with E-state index in [1.807, 2.05) is 0 Å². The van der Waals surface area contributed by atoms with E-state index in [1.54, 1.807) is 24.3 Å². The summed E-state index contributed by atoms with van der Waals surface area (Å²) >= 11 is 0. The van der Waals surface area contributed by atoms with Crippen LogP contribution in [0.25, 0.3) is 0 Å². The molecule has 1 aromatic carbocycles. The minimum Gasteiger partial charge on any atom is -0.460 e. The highest BCUT2D eigenvalue weighted by atomic mass is 16.5. The quantitative estimate of drug-likeness (QED) is 0.783. The Morgan fingerprint density at radius 3 is 2.44 bits per heavy atom. The summed E-state index contributed by atoms with van der Waals surface area (Å²) < 4.78 is 5.21. The van der Waals surface area contributed by atoms with Crippen LogP contribution >= 0.6 is 0 Å². The van der Waals surface area contributed by atoms with Crippen molar-refractivity contribution in [1.82, 2.24) is 5.32 Å². The Morgan fingerprint density at radius 1 is 1.15 bits per heavy atom. The fourth-order valence-corrected chi connectivity index (χ4v) is 6.03. The molecule has 1 N–H and O–H groups in total. The molecule has 0 aromatic heterocycles. The highest BCUT2D eigenvalue weighted by Crippen LogP contribution is 2.61. The van der Waals surface area contributed by atoms with E-state index < -0.39 is 5.97 Å². The number of amides is 1. The molecule has 4 fully saturated rings. The molecular formula is C22H26N2O3. The summed E-state index contributed by atoms with van der Waals surface area (Å²) in [5.74, 6) is 1.98. The number of carbonyl (C=O) groups excluding carboxylic acids is 2. The number of nitrogens with one attached hydrogen (secondary N) is 1. The molecule has 0 heterocycles. The first-order valence-electron chi connectivity index (χ1n) is 9.95. The third-order valence-corrected chi connectivity index (χ3v) is 6.59. The number of hydrogen-bond donors (Lipinski definition) is 1. The lowest BCUT2D eigenvalue weighted by molar-refractivity contribution is -0.146. The van der Waals surface area contributed by atoms with Crippen molar-refractivity contribution in [3.63, 3.8) is 0 Å². The fraction of sp³-hybridized carbons (Fsp3) is 0.591. The van der Waals surface area contributed by atoms with Gasteiger partial charge < -0.3 is 10.1 Å². The summed E-state index contributed by atoms with van der Waals surface area (Å²) in [5, 5.41) is 11.6. The Morgan fingerprint density at radius 2 is 1.81 bits per heavy atom. The van der Waals surface area contributed by atoms with E-state index in [2.05, 4.69) is 11.4 Å². The van der Waals surface area contributed by atoms with E-state index in [0.29, 0.717) is 12.0 Å². The Labute approximate surface area is 160 Å². The van der Waals surface area contributed by atoms with Crippen molar-refractivity contribution in [1.29, 1.82) is 5.26 Å². The molecule has 5 nitrogen and oxygen atoms in total. The Bertz CT molecular complexity index is 745. The van der Waals surface area contributed by atoms with Crippen molar-refractivity contribution in [2.75, 3.05) is 6.54 Å². The molecule has 0 radical (unpaired) electrons. The van der Waals surface area contributed by atoms with Crippen LogP contribution in [-0.2, 0) is 20.9 Å². The van der Waals surface area contributed by atoms with Crippen molar-refractivity contribution < 1.29 is 14.3 Å². The first-order chi connectivity index (χ1) is 13.0. The molecule has 5 heteroatoms. The van der Waals surface area contributed by atoms with Crippen LogP contribution in [-0.4, -0.2) is 18.4 Å². The zero-order valence-electron chi connectivity index (χ0n) is 15.6. The third-order valence-electron chi connectivity index (χ3n) is 6.59. The monoisotopic (exact) mass is 366 g/mol. The average molecular weight is 366 g/mol. The zero-order chi connectivity index (χ0) is 18.9. The molecule has 0 spiro atoms. The molecule has 1 aromatic rings. The maximum Gasteiger partial charge on any atom is 0.325 e. The molecule has 0 saturated heterocycles. The molecule has 0 unspecified atom stereocenters. The van der Waals surface area contributed by atoms with Crippen LogP contribution in [0.3, 0.4) is 0 Å². The van der Waals surface area contributed by atoms with Gasteiger partial charge in [0.25, 0.3) is 0 Å². The average Bonchev–Trinajstić information content (AvgIpc) is 2.63. The third kappa shape index (κ3) is 4.16. The first kappa shape index (κ1) is 18.0. The zero-order valence-corrected chi connectivity index (χ0v) is 15.6. The van der Waals surface area contributed by atoms with E-state index in [0.717, 1.165) is 23.3 Å². The van der Waals surface area contributed by atoms with Crippen LogP contribution in [0.15, 0.2) is 24.3 Å². The van der Waals surface area contributed by atoms with E-state index in [4.69, 9.17) is 10.00 Å². The smallest absolute Gasteiger partial charge is 0.325 e. The Kier molecular flexibility index (Phi) is 4.90. The van der Waals surface area contributed by atoms with Crippen LogP contribution in [0.4, 0.5) is 0 Å². The second-order valence-electron chi connectivity index (χ2n) is 8.84. The predicted molar refractivity (Wildman–Crippen MR) is 99.2 cm³/mol. The standard InChI is InChI=1S/C22H26N2O3/c23-12-15-2-1-3-16(4-15)14-27-21(26)13-24-20(25)11-22-8-17-5-18(9-22)7-19(6-17)10-22/h1-4,17-19H,5-11,13-14H2,(H,24,25). The van der Waals surface area contributed by atoms with Gasteiger partial charge in [-0.05, 0) is 79.4 Å². The Balaban J connectivity index is 1.22. The topological polar surface area (TPSA) is 79.2 Å². The van der Waals surface area contributed by atoms with Gasteiger partial charge in [-0.2, -0.15) is 5.26 Å². The van der Waals surface area contributed by atoms with Gasteiger partial charge in [-0.25, -0.2) is 0 Å². The van der Waals surface area contributed by atoms with Gasteiger partial charge in [-0.15, -0.1) is 0 Å². The lowest BCUT2D eigenvalue weighted by Gasteiger charge is -2.56. The normalized spacial score (nSPS) is 30.6. The highest BCUT2D eigenvalue weighted by Gasteiger charge is 2.51. The van der Waals surface area contributed by atoms with Crippen molar-refractivity contribution in [2.45, 2.75) is 51.6 Å². The van der Waals surface area contributed by atoms with Gasteiger partial charge in [0, 0.05) is 6.42 Å². The SMILES string of the molecule is N#Cc1cccc(COC(=O)CNC(=O)CC23CC4CC(CC(C4)C2)C3)c1. The van der Waals surface area contributed by atoms with Gasteiger partial charge in [0.15, 0.2) is 0 Å². The summed E-state index contributed by atoms with van der Waals surface area (Å²) in [6.45, 7) is 0.0162.